The third kappa shape index (κ3) is 3.31. The number of nitrogens with zero attached hydrogens (tertiary/aromatic N) is 1. The normalized spacial score (nSPS) is 16.5. The van der Waals surface area contributed by atoms with Crippen LogP contribution in [0.4, 0.5) is 0 Å². The van der Waals surface area contributed by atoms with Gasteiger partial charge in [-0.1, -0.05) is 0 Å². The van der Waals surface area contributed by atoms with E-state index in [-0.39, 0.29) is 17.7 Å². The van der Waals surface area contributed by atoms with E-state index >= 15 is 0 Å². The SMILES string of the molecule is COc1ccc([C@H]2CCCN2C(=O)c2[nH]c(C)c(C(C)=O)c2C)c(OC)c1. The second-order valence-electron chi connectivity index (χ2n) is 6.95. The molecule has 144 valence electrons. The van der Waals surface area contributed by atoms with Gasteiger partial charge < -0.3 is 19.4 Å². The molecule has 1 saturated heterocycles. The number of hydrogen-bond donors (Lipinski definition) is 1. The van der Waals surface area contributed by atoms with Crippen LogP contribution in [0.5, 0.6) is 11.5 Å². The molecule has 1 aromatic heterocycles. The number of methoxy groups -OCH3 is 2. The minimum absolute atomic E-state index is 0.0323. The number of rotatable bonds is 5. The van der Waals surface area contributed by atoms with Gasteiger partial charge in [0, 0.05) is 29.4 Å². The van der Waals surface area contributed by atoms with Crippen LogP contribution in [0.2, 0.25) is 0 Å². The van der Waals surface area contributed by atoms with Crippen molar-refractivity contribution in [1.29, 1.82) is 0 Å². The van der Waals surface area contributed by atoms with Gasteiger partial charge in [-0.25, -0.2) is 0 Å². The number of aryl methyl sites for hydroxylation is 1. The number of hydrogen-bond acceptors (Lipinski definition) is 4. The zero-order valence-corrected chi connectivity index (χ0v) is 16.5. The van der Waals surface area contributed by atoms with Crippen molar-refractivity contribution in [2.24, 2.45) is 0 Å². The van der Waals surface area contributed by atoms with Gasteiger partial charge in [0.15, 0.2) is 5.78 Å². The van der Waals surface area contributed by atoms with Gasteiger partial charge in [-0.05, 0) is 51.3 Å². The largest absolute Gasteiger partial charge is 0.497 e. The lowest BCUT2D eigenvalue weighted by molar-refractivity contribution is 0.0728. The van der Waals surface area contributed by atoms with E-state index in [0.717, 1.165) is 29.7 Å². The lowest BCUT2D eigenvalue weighted by atomic mass is 10.0. The molecule has 2 aromatic rings. The number of carbonyl (C=O) groups excluding carboxylic acids is 2. The van der Waals surface area contributed by atoms with Crippen LogP contribution in [0, 0.1) is 13.8 Å². The summed E-state index contributed by atoms with van der Waals surface area (Å²) in [6.45, 7) is 5.85. The summed E-state index contributed by atoms with van der Waals surface area (Å²) in [4.78, 5) is 30.2. The smallest absolute Gasteiger partial charge is 0.271 e. The van der Waals surface area contributed by atoms with Crippen molar-refractivity contribution in [2.75, 3.05) is 20.8 Å². The Morgan fingerprint density at radius 1 is 1.19 bits per heavy atom. The Kier molecular flexibility index (Phi) is 5.26. The van der Waals surface area contributed by atoms with Crippen LogP contribution in [0.3, 0.4) is 0 Å². The molecule has 1 aliphatic heterocycles. The summed E-state index contributed by atoms with van der Waals surface area (Å²) in [5.74, 6) is 1.31. The molecule has 0 saturated carbocycles. The molecule has 0 radical (unpaired) electrons. The molecule has 2 heterocycles. The van der Waals surface area contributed by atoms with Gasteiger partial charge in [0.25, 0.3) is 5.91 Å². The van der Waals surface area contributed by atoms with Crippen LogP contribution in [-0.2, 0) is 0 Å². The first-order chi connectivity index (χ1) is 12.9. The van der Waals surface area contributed by atoms with E-state index < -0.39 is 0 Å². The Balaban J connectivity index is 1.97. The Labute approximate surface area is 159 Å². The summed E-state index contributed by atoms with van der Waals surface area (Å²) in [6, 6.07) is 5.62. The number of aromatic nitrogens is 1. The van der Waals surface area contributed by atoms with Gasteiger partial charge in [-0.3, -0.25) is 9.59 Å². The molecule has 6 heteroatoms. The fraction of sp³-hybridized carbons (Fsp3) is 0.429. The Bertz CT molecular complexity index is 885. The van der Waals surface area contributed by atoms with Gasteiger partial charge in [0.1, 0.15) is 17.2 Å². The first-order valence-corrected chi connectivity index (χ1v) is 9.12. The number of amides is 1. The summed E-state index contributed by atoms with van der Waals surface area (Å²) in [6.07, 6.45) is 1.79. The molecule has 1 amide bonds. The number of benzene rings is 1. The average Bonchev–Trinajstić information content (AvgIpc) is 3.24. The zero-order chi connectivity index (χ0) is 19.7. The van der Waals surface area contributed by atoms with E-state index in [1.54, 1.807) is 14.2 Å². The average molecular weight is 370 g/mol. The van der Waals surface area contributed by atoms with Crippen molar-refractivity contribution < 1.29 is 19.1 Å². The standard InChI is InChI=1S/C21H26N2O4/c1-12-19(14(3)24)13(2)22-20(12)21(25)23-10-6-7-17(23)16-9-8-15(26-4)11-18(16)27-5/h8-9,11,17,22H,6-7,10H2,1-5H3/t17-/m1/s1. The van der Waals surface area contributed by atoms with Crippen LogP contribution in [0.25, 0.3) is 0 Å². The molecule has 1 aliphatic rings. The number of likely N-dealkylation sites (tertiary alicyclic amines) is 1. The predicted octanol–water partition coefficient (Wildman–Crippen LogP) is 3.83. The monoisotopic (exact) mass is 370 g/mol. The Morgan fingerprint density at radius 3 is 2.52 bits per heavy atom. The molecule has 27 heavy (non-hydrogen) atoms. The van der Waals surface area contributed by atoms with E-state index in [2.05, 4.69) is 4.98 Å². The molecule has 3 rings (SSSR count). The van der Waals surface area contributed by atoms with Crippen molar-refractivity contribution in [2.45, 2.75) is 39.7 Å². The van der Waals surface area contributed by atoms with E-state index in [4.69, 9.17) is 9.47 Å². The molecule has 0 bridgehead atoms. The summed E-state index contributed by atoms with van der Waals surface area (Å²) in [5, 5.41) is 0. The molecular weight excluding hydrogens is 344 g/mol. The molecule has 1 aromatic carbocycles. The first-order valence-electron chi connectivity index (χ1n) is 9.12. The van der Waals surface area contributed by atoms with Crippen LogP contribution in [0.1, 0.15) is 63.5 Å². The third-order valence-electron chi connectivity index (χ3n) is 5.32. The second kappa shape index (κ2) is 7.47. The third-order valence-corrected chi connectivity index (χ3v) is 5.32. The fourth-order valence-corrected chi connectivity index (χ4v) is 4.06. The molecule has 1 atom stereocenters. The maximum absolute atomic E-state index is 13.3. The number of H-pyrrole nitrogens is 1. The topological polar surface area (TPSA) is 71.6 Å². The van der Waals surface area contributed by atoms with Crippen LogP contribution >= 0.6 is 0 Å². The van der Waals surface area contributed by atoms with Crippen LogP contribution in [0.15, 0.2) is 18.2 Å². The number of nitrogens with one attached hydrogen (secondary N) is 1. The van der Waals surface area contributed by atoms with Crippen molar-refractivity contribution >= 4 is 11.7 Å². The van der Waals surface area contributed by atoms with E-state index in [9.17, 15) is 9.59 Å². The minimum Gasteiger partial charge on any atom is -0.497 e. The molecule has 0 spiro atoms. The molecule has 1 N–H and O–H groups in total. The van der Waals surface area contributed by atoms with Crippen molar-refractivity contribution in [1.82, 2.24) is 9.88 Å². The van der Waals surface area contributed by atoms with Gasteiger partial charge >= 0.3 is 0 Å². The van der Waals surface area contributed by atoms with Crippen LogP contribution < -0.4 is 9.47 Å². The second-order valence-corrected chi connectivity index (χ2v) is 6.95. The van der Waals surface area contributed by atoms with Crippen molar-refractivity contribution in [3.63, 3.8) is 0 Å². The number of ether oxygens (including phenoxy) is 2. The number of Topliss-reactive ketones (excluding diaryl/α,β-unsaturated/α-hetero) is 1. The van der Waals surface area contributed by atoms with Gasteiger partial charge in [-0.2, -0.15) is 0 Å². The molecule has 1 fully saturated rings. The van der Waals surface area contributed by atoms with E-state index in [1.807, 2.05) is 36.9 Å². The minimum atomic E-state index is -0.0801. The number of ketones is 1. The highest BCUT2D eigenvalue weighted by atomic mass is 16.5. The highest BCUT2D eigenvalue weighted by Gasteiger charge is 2.34. The summed E-state index contributed by atoms with van der Waals surface area (Å²) >= 11 is 0. The highest BCUT2D eigenvalue weighted by molar-refractivity contribution is 6.02. The van der Waals surface area contributed by atoms with Crippen molar-refractivity contribution in [3.05, 3.63) is 46.3 Å². The lowest BCUT2D eigenvalue weighted by Gasteiger charge is -2.26. The van der Waals surface area contributed by atoms with E-state index in [0.29, 0.717) is 29.3 Å². The summed E-state index contributed by atoms with van der Waals surface area (Å²) in [7, 11) is 3.24. The number of carbonyl (C=O) groups is 2. The lowest BCUT2D eigenvalue weighted by Crippen LogP contribution is -2.31. The number of aromatic amines is 1. The molecular formula is C21H26N2O4. The zero-order valence-electron chi connectivity index (χ0n) is 16.5. The highest BCUT2D eigenvalue weighted by Crippen LogP contribution is 2.39. The van der Waals surface area contributed by atoms with Crippen LogP contribution in [-0.4, -0.2) is 42.3 Å². The first kappa shape index (κ1) is 19.0. The molecule has 6 nitrogen and oxygen atoms in total. The fourth-order valence-electron chi connectivity index (χ4n) is 4.06. The summed E-state index contributed by atoms with van der Waals surface area (Å²) in [5.41, 5.74) is 3.53. The molecule has 0 aliphatic carbocycles. The van der Waals surface area contributed by atoms with E-state index in [1.165, 1.54) is 6.92 Å². The maximum Gasteiger partial charge on any atom is 0.271 e. The summed E-state index contributed by atoms with van der Waals surface area (Å²) < 4.78 is 10.8. The quantitative estimate of drug-likeness (QED) is 0.812. The van der Waals surface area contributed by atoms with Gasteiger partial charge in [0.05, 0.1) is 20.3 Å². The molecule has 0 unspecified atom stereocenters. The van der Waals surface area contributed by atoms with Gasteiger partial charge in [0.2, 0.25) is 0 Å². The van der Waals surface area contributed by atoms with Gasteiger partial charge in [-0.15, -0.1) is 0 Å². The van der Waals surface area contributed by atoms with Crippen molar-refractivity contribution in [3.8, 4) is 11.5 Å². The Morgan fingerprint density at radius 2 is 1.93 bits per heavy atom. The predicted molar refractivity (Wildman–Crippen MR) is 103 cm³/mol. The Hall–Kier alpha value is -2.76. The maximum atomic E-state index is 13.3.